The number of aromatic nitrogens is 4. The molecule has 2 unspecified atom stereocenters. The van der Waals surface area contributed by atoms with Gasteiger partial charge in [0.2, 0.25) is 0 Å². The Morgan fingerprint density at radius 3 is 2.58 bits per heavy atom. The van der Waals surface area contributed by atoms with Crippen molar-refractivity contribution in [2.24, 2.45) is 0 Å². The Labute approximate surface area is 210 Å². The molecule has 0 radical (unpaired) electrons. The average Bonchev–Trinajstić information content (AvgIpc) is 3.60. The predicted molar refractivity (Wildman–Crippen MR) is 134 cm³/mol. The lowest BCUT2D eigenvalue weighted by Crippen LogP contribution is -2.28. The first-order valence-electron chi connectivity index (χ1n) is 11.7. The predicted octanol–water partition coefficient (Wildman–Crippen LogP) is 4.39. The van der Waals surface area contributed by atoms with Crippen LogP contribution in [-0.2, 0) is 22.1 Å². The molecule has 1 aliphatic heterocycles. The van der Waals surface area contributed by atoms with Crippen LogP contribution in [-0.4, -0.2) is 48.9 Å². The highest BCUT2D eigenvalue weighted by Crippen LogP contribution is 2.27. The first-order chi connectivity index (χ1) is 17.5. The summed E-state index contributed by atoms with van der Waals surface area (Å²) in [7, 11) is -1.06. The Bertz CT molecular complexity index is 1370. The average molecular weight is 508 g/mol. The van der Waals surface area contributed by atoms with Gasteiger partial charge in [-0.15, -0.1) is 10.2 Å². The van der Waals surface area contributed by atoms with Crippen molar-refractivity contribution in [1.29, 1.82) is 0 Å². The third-order valence-corrected chi connectivity index (χ3v) is 7.47. The lowest BCUT2D eigenvalue weighted by atomic mass is 10.1. The van der Waals surface area contributed by atoms with Gasteiger partial charge >= 0.3 is 0 Å². The van der Waals surface area contributed by atoms with Crippen LogP contribution in [0, 0.1) is 5.82 Å². The standard InChI is InChI=1S/C26H26FN5O3S/c1-16(2)36(33)20-6-4-18(5-7-20)23-13-28-14-24(30-23)26-32-31-25(35-26)21-8-3-17(11-22(21)27)12-29-19-9-10-34-15-19/h3-8,11,13-14,16,19,29H,9-10,12,15H2,1-2H3. The van der Waals surface area contributed by atoms with Gasteiger partial charge in [0.1, 0.15) is 11.5 Å². The number of nitrogens with one attached hydrogen (secondary N) is 1. The molecule has 1 aliphatic rings. The first kappa shape index (κ1) is 24.4. The number of ether oxygens (including phenoxy) is 1. The van der Waals surface area contributed by atoms with Gasteiger partial charge in [-0.25, -0.2) is 9.37 Å². The molecule has 0 bridgehead atoms. The Balaban J connectivity index is 1.32. The Morgan fingerprint density at radius 2 is 1.86 bits per heavy atom. The molecular weight excluding hydrogens is 481 g/mol. The van der Waals surface area contributed by atoms with Gasteiger partial charge in [-0.2, -0.15) is 0 Å². The van der Waals surface area contributed by atoms with E-state index in [1.807, 2.05) is 44.2 Å². The van der Waals surface area contributed by atoms with Gasteiger partial charge in [0.25, 0.3) is 11.8 Å². The van der Waals surface area contributed by atoms with Gasteiger partial charge < -0.3 is 14.5 Å². The molecule has 2 aromatic carbocycles. The summed E-state index contributed by atoms with van der Waals surface area (Å²) in [5.74, 6) is -0.229. The molecule has 0 saturated carbocycles. The minimum absolute atomic E-state index is 0.0374. The molecule has 36 heavy (non-hydrogen) atoms. The van der Waals surface area contributed by atoms with Crippen LogP contribution in [0.3, 0.4) is 0 Å². The largest absolute Gasteiger partial charge is 0.414 e. The number of rotatable bonds is 8. The van der Waals surface area contributed by atoms with Gasteiger partial charge in [-0.3, -0.25) is 9.19 Å². The van der Waals surface area contributed by atoms with Crippen LogP contribution >= 0.6 is 0 Å². The number of nitrogens with zero attached hydrogens (tertiary/aromatic N) is 4. The third-order valence-electron chi connectivity index (χ3n) is 5.88. The van der Waals surface area contributed by atoms with E-state index in [1.165, 1.54) is 12.3 Å². The van der Waals surface area contributed by atoms with Crippen molar-refractivity contribution in [2.75, 3.05) is 13.2 Å². The van der Waals surface area contributed by atoms with Crippen LogP contribution in [0.4, 0.5) is 4.39 Å². The Morgan fingerprint density at radius 1 is 1.08 bits per heavy atom. The smallest absolute Gasteiger partial charge is 0.268 e. The normalized spacial score (nSPS) is 16.5. The van der Waals surface area contributed by atoms with E-state index >= 15 is 0 Å². The second-order valence-corrected chi connectivity index (χ2v) is 10.8. The quantitative estimate of drug-likeness (QED) is 0.375. The van der Waals surface area contributed by atoms with E-state index in [0.29, 0.717) is 30.6 Å². The van der Waals surface area contributed by atoms with Crippen LogP contribution in [0.2, 0.25) is 0 Å². The monoisotopic (exact) mass is 507 g/mol. The van der Waals surface area contributed by atoms with E-state index in [0.717, 1.165) is 29.1 Å². The Hall–Kier alpha value is -3.34. The van der Waals surface area contributed by atoms with Crippen molar-refractivity contribution in [3.05, 3.63) is 66.2 Å². The fourth-order valence-corrected chi connectivity index (χ4v) is 4.82. The van der Waals surface area contributed by atoms with Crippen molar-refractivity contribution in [1.82, 2.24) is 25.5 Å². The maximum Gasteiger partial charge on any atom is 0.268 e. The van der Waals surface area contributed by atoms with Gasteiger partial charge in [0, 0.05) is 34.9 Å². The molecule has 1 N–H and O–H groups in total. The van der Waals surface area contributed by atoms with Gasteiger partial charge in [-0.05, 0) is 36.2 Å². The lowest BCUT2D eigenvalue weighted by Gasteiger charge is -2.10. The fourth-order valence-electron chi connectivity index (χ4n) is 3.88. The van der Waals surface area contributed by atoms with E-state index in [9.17, 15) is 8.60 Å². The summed E-state index contributed by atoms with van der Waals surface area (Å²) in [4.78, 5) is 9.59. The zero-order chi connectivity index (χ0) is 25.1. The van der Waals surface area contributed by atoms with E-state index in [-0.39, 0.29) is 22.6 Å². The van der Waals surface area contributed by atoms with Crippen molar-refractivity contribution in [3.63, 3.8) is 0 Å². The topological polar surface area (TPSA) is 103 Å². The summed E-state index contributed by atoms with van der Waals surface area (Å²) in [6, 6.07) is 12.6. The second kappa shape index (κ2) is 10.7. The van der Waals surface area contributed by atoms with E-state index in [2.05, 4.69) is 25.5 Å². The molecule has 0 aliphatic carbocycles. The van der Waals surface area contributed by atoms with Crippen LogP contribution < -0.4 is 5.32 Å². The van der Waals surface area contributed by atoms with Crippen molar-refractivity contribution in [2.45, 2.75) is 43.0 Å². The van der Waals surface area contributed by atoms with Crippen LogP contribution in [0.1, 0.15) is 25.8 Å². The third kappa shape index (κ3) is 5.40. The Kier molecular flexibility index (Phi) is 7.26. The van der Waals surface area contributed by atoms with Gasteiger partial charge in [0.05, 0.1) is 41.1 Å². The highest BCUT2D eigenvalue weighted by molar-refractivity contribution is 7.85. The van der Waals surface area contributed by atoms with Crippen LogP contribution in [0.25, 0.3) is 34.3 Å². The zero-order valence-corrected chi connectivity index (χ0v) is 20.8. The number of hydrogen-bond donors (Lipinski definition) is 1. The van der Waals surface area contributed by atoms with Crippen molar-refractivity contribution in [3.8, 4) is 34.3 Å². The summed E-state index contributed by atoms with van der Waals surface area (Å²) in [5, 5.41) is 11.5. The molecule has 10 heteroatoms. The molecule has 3 heterocycles. The summed E-state index contributed by atoms with van der Waals surface area (Å²) >= 11 is 0. The van der Waals surface area contributed by atoms with Crippen LogP contribution in [0.15, 0.2) is 64.2 Å². The molecule has 2 aromatic heterocycles. The second-order valence-electron chi connectivity index (χ2n) is 8.83. The minimum Gasteiger partial charge on any atom is -0.414 e. The molecule has 1 fully saturated rings. The summed E-state index contributed by atoms with van der Waals surface area (Å²) in [5.41, 5.74) is 2.84. The number of hydrogen-bond acceptors (Lipinski definition) is 8. The van der Waals surface area contributed by atoms with Crippen molar-refractivity contribution < 1.29 is 17.8 Å². The molecule has 1 saturated heterocycles. The molecular formula is C26H26FN5O3S. The number of benzene rings is 2. The molecule has 4 aromatic rings. The summed E-state index contributed by atoms with van der Waals surface area (Å²) in [6.07, 6.45) is 4.10. The molecule has 186 valence electrons. The van der Waals surface area contributed by atoms with Crippen LogP contribution in [0.5, 0.6) is 0 Å². The maximum atomic E-state index is 14.8. The fraction of sp³-hybridized carbons (Fsp3) is 0.308. The first-order valence-corrected chi connectivity index (χ1v) is 13.0. The highest BCUT2D eigenvalue weighted by atomic mass is 32.2. The minimum atomic E-state index is -1.06. The van der Waals surface area contributed by atoms with Gasteiger partial charge in [-0.1, -0.05) is 32.0 Å². The van der Waals surface area contributed by atoms with E-state index in [1.54, 1.807) is 12.3 Å². The lowest BCUT2D eigenvalue weighted by molar-refractivity contribution is 0.190. The molecule has 0 amide bonds. The molecule has 2 atom stereocenters. The highest BCUT2D eigenvalue weighted by Gasteiger charge is 2.18. The zero-order valence-electron chi connectivity index (χ0n) is 20.0. The van der Waals surface area contributed by atoms with E-state index < -0.39 is 16.6 Å². The molecule has 0 spiro atoms. The van der Waals surface area contributed by atoms with Gasteiger partial charge in [0.15, 0.2) is 0 Å². The maximum absolute atomic E-state index is 14.8. The van der Waals surface area contributed by atoms with E-state index in [4.69, 9.17) is 9.15 Å². The summed E-state index contributed by atoms with van der Waals surface area (Å²) in [6.45, 7) is 5.82. The molecule has 8 nitrogen and oxygen atoms in total. The number of halogens is 1. The SMILES string of the molecule is CC(C)S(=O)c1ccc(-c2cncc(-c3nnc(-c4ccc(CNC5CCOC5)cc4F)o3)n2)cc1. The summed E-state index contributed by atoms with van der Waals surface area (Å²) < 4.78 is 38.2. The van der Waals surface area contributed by atoms with Crippen molar-refractivity contribution >= 4 is 10.8 Å². The molecule has 5 rings (SSSR count).